The molecule has 0 rings (SSSR count). The molecule has 0 radical (unpaired) electrons. The topological polar surface area (TPSA) is 78.9 Å². The van der Waals surface area contributed by atoms with Gasteiger partial charge in [0.25, 0.3) is 0 Å². The van der Waals surface area contributed by atoms with Crippen LogP contribution in [-0.2, 0) is 28.6 Å². The smallest absolute Gasteiger partial charge is 0.306 e. The zero-order valence-corrected chi connectivity index (χ0v) is 44.3. The van der Waals surface area contributed by atoms with Crippen LogP contribution in [0.4, 0.5) is 0 Å². The maximum atomic E-state index is 12.8. The van der Waals surface area contributed by atoms with Crippen molar-refractivity contribution in [3.8, 4) is 0 Å². The van der Waals surface area contributed by atoms with E-state index in [0.717, 1.165) is 83.5 Å². The molecular weight excluding hydrogens is 841 g/mol. The second kappa shape index (κ2) is 55.9. The highest BCUT2D eigenvalue weighted by atomic mass is 16.6. The van der Waals surface area contributed by atoms with Crippen LogP contribution in [0.5, 0.6) is 0 Å². The molecule has 0 N–H and O–H groups in total. The van der Waals surface area contributed by atoms with Gasteiger partial charge < -0.3 is 14.2 Å². The zero-order valence-electron chi connectivity index (χ0n) is 44.3. The molecule has 68 heavy (non-hydrogen) atoms. The molecule has 0 spiro atoms. The van der Waals surface area contributed by atoms with Crippen LogP contribution in [0.2, 0.25) is 0 Å². The molecule has 0 aromatic rings. The van der Waals surface area contributed by atoms with Gasteiger partial charge in [-0.3, -0.25) is 14.4 Å². The fraction of sp³-hybridized carbons (Fsp3) is 0.694. The van der Waals surface area contributed by atoms with Gasteiger partial charge in [0.1, 0.15) is 13.2 Å². The van der Waals surface area contributed by atoms with Gasteiger partial charge in [-0.1, -0.05) is 246 Å². The average Bonchev–Trinajstić information content (AvgIpc) is 3.34. The van der Waals surface area contributed by atoms with E-state index < -0.39 is 6.10 Å². The van der Waals surface area contributed by atoms with Crippen molar-refractivity contribution in [2.24, 2.45) is 0 Å². The lowest BCUT2D eigenvalue weighted by molar-refractivity contribution is -0.166. The lowest BCUT2D eigenvalue weighted by Gasteiger charge is -2.18. The summed E-state index contributed by atoms with van der Waals surface area (Å²) < 4.78 is 16.8. The van der Waals surface area contributed by atoms with Gasteiger partial charge in [-0.15, -0.1) is 0 Å². The number of carbonyl (C=O) groups is 3. The average molecular weight is 946 g/mol. The van der Waals surface area contributed by atoms with Gasteiger partial charge in [-0.2, -0.15) is 0 Å². The van der Waals surface area contributed by atoms with Crippen LogP contribution >= 0.6 is 0 Å². The Hall–Kier alpha value is -3.67. The summed E-state index contributed by atoms with van der Waals surface area (Å²) in [4.78, 5) is 38.1. The molecule has 6 nitrogen and oxygen atoms in total. The largest absolute Gasteiger partial charge is 0.462 e. The number of unbranched alkanes of at least 4 members (excludes halogenated alkanes) is 23. The minimum absolute atomic E-state index is 0.101. The number of hydrogen-bond acceptors (Lipinski definition) is 6. The predicted molar refractivity (Wildman–Crippen MR) is 293 cm³/mol. The Bertz CT molecular complexity index is 1360. The Kier molecular flexibility index (Phi) is 52.9. The van der Waals surface area contributed by atoms with Crippen LogP contribution in [0.15, 0.2) is 97.2 Å². The lowest BCUT2D eigenvalue weighted by Crippen LogP contribution is -2.30. The Balaban J connectivity index is 4.48. The van der Waals surface area contributed by atoms with Crippen LogP contribution in [0.1, 0.15) is 258 Å². The van der Waals surface area contributed by atoms with E-state index in [1.165, 1.54) is 128 Å². The molecule has 0 amide bonds. The SMILES string of the molecule is CC/C=C\C/C=C\C/C=C\C/C=C\C/C=C\C/C=C\CCC(=O)OC[C@H](COC(=O)CCCCCCCCCCCCCC)OC(=O)CCCCCCCCCCC/C=C\C/C=C\CCCCC. The molecule has 388 valence electrons. The molecule has 0 aliphatic carbocycles. The van der Waals surface area contributed by atoms with Gasteiger partial charge >= 0.3 is 17.9 Å². The van der Waals surface area contributed by atoms with Crippen LogP contribution in [0, 0.1) is 0 Å². The van der Waals surface area contributed by atoms with Crippen molar-refractivity contribution in [1.29, 1.82) is 0 Å². The predicted octanol–water partition coefficient (Wildman–Crippen LogP) is 18.9. The van der Waals surface area contributed by atoms with Crippen molar-refractivity contribution in [3.05, 3.63) is 97.2 Å². The third-order valence-corrected chi connectivity index (χ3v) is 11.8. The number of hydrogen-bond donors (Lipinski definition) is 0. The second-order valence-electron chi connectivity index (χ2n) is 18.5. The first-order chi connectivity index (χ1) is 33.5. The Morgan fingerprint density at radius 2 is 0.603 bits per heavy atom. The van der Waals surface area contributed by atoms with E-state index in [1.54, 1.807) is 0 Å². The molecule has 0 aliphatic rings. The molecular formula is C62H104O6. The lowest BCUT2D eigenvalue weighted by atomic mass is 10.0. The monoisotopic (exact) mass is 945 g/mol. The first-order valence-electron chi connectivity index (χ1n) is 28.2. The van der Waals surface area contributed by atoms with E-state index >= 15 is 0 Å². The first kappa shape index (κ1) is 64.3. The standard InChI is InChI=1S/C62H104O6/c1-4-7-10-13-16-19-22-25-27-29-31-33-35-37-40-43-46-49-52-55-61(64)67-58-59(57-66-60(63)54-51-48-45-42-39-24-21-18-15-12-9-6-3)68-62(65)56-53-50-47-44-41-38-36-34-32-30-28-26-23-20-17-14-11-8-5-2/h7,10,16-17,19-20,25-28,31,33,37,40,46,49,59H,4-6,8-9,11-15,18,21-24,29-30,32,34-36,38-39,41-45,47-48,50-58H2,1-3H3/b10-7-,19-16-,20-17-,27-25-,28-26-,33-31-,40-37-,49-46-/t59-/m0/s1. The molecule has 0 saturated carbocycles. The van der Waals surface area contributed by atoms with Gasteiger partial charge in [0.2, 0.25) is 0 Å². The summed E-state index contributed by atoms with van der Waals surface area (Å²) in [5.74, 6) is -0.991. The van der Waals surface area contributed by atoms with Crippen molar-refractivity contribution in [1.82, 2.24) is 0 Å². The highest BCUT2D eigenvalue weighted by Gasteiger charge is 2.19. The third kappa shape index (κ3) is 53.3. The van der Waals surface area contributed by atoms with Crippen LogP contribution in [0.3, 0.4) is 0 Å². The highest BCUT2D eigenvalue weighted by Crippen LogP contribution is 2.15. The van der Waals surface area contributed by atoms with Crippen molar-refractivity contribution < 1.29 is 28.6 Å². The van der Waals surface area contributed by atoms with E-state index in [2.05, 4.69) is 112 Å². The summed E-state index contributed by atoms with van der Waals surface area (Å²) in [6.07, 6.45) is 74.0. The van der Waals surface area contributed by atoms with Crippen LogP contribution in [-0.4, -0.2) is 37.2 Å². The molecule has 0 heterocycles. The van der Waals surface area contributed by atoms with Crippen molar-refractivity contribution in [2.45, 2.75) is 264 Å². The quantitative estimate of drug-likeness (QED) is 0.0262. The molecule has 1 atom stereocenters. The first-order valence-corrected chi connectivity index (χ1v) is 28.2. The maximum absolute atomic E-state index is 12.8. The Morgan fingerprint density at radius 3 is 1.01 bits per heavy atom. The van der Waals surface area contributed by atoms with Crippen molar-refractivity contribution >= 4 is 17.9 Å². The van der Waals surface area contributed by atoms with Gasteiger partial charge in [0.05, 0.1) is 0 Å². The summed E-state index contributed by atoms with van der Waals surface area (Å²) in [5.41, 5.74) is 0. The fourth-order valence-corrected chi connectivity index (χ4v) is 7.62. The number of esters is 3. The fourth-order valence-electron chi connectivity index (χ4n) is 7.62. The normalized spacial score (nSPS) is 12.8. The molecule has 0 aromatic carbocycles. The third-order valence-electron chi connectivity index (χ3n) is 11.8. The second-order valence-corrected chi connectivity index (χ2v) is 18.5. The number of carbonyl (C=O) groups excluding carboxylic acids is 3. The summed E-state index contributed by atoms with van der Waals surface area (Å²) in [7, 11) is 0. The molecule has 0 aromatic heterocycles. The summed E-state index contributed by atoms with van der Waals surface area (Å²) in [5, 5.41) is 0. The van der Waals surface area contributed by atoms with Crippen LogP contribution < -0.4 is 0 Å². The van der Waals surface area contributed by atoms with E-state index in [9.17, 15) is 14.4 Å². The van der Waals surface area contributed by atoms with E-state index in [-0.39, 0.29) is 37.5 Å². The minimum Gasteiger partial charge on any atom is -0.462 e. The van der Waals surface area contributed by atoms with Crippen molar-refractivity contribution in [2.75, 3.05) is 13.2 Å². The van der Waals surface area contributed by atoms with Gasteiger partial charge in [0.15, 0.2) is 6.10 Å². The minimum atomic E-state index is -0.809. The van der Waals surface area contributed by atoms with Crippen LogP contribution in [0.25, 0.3) is 0 Å². The molecule has 0 aliphatic heterocycles. The summed E-state index contributed by atoms with van der Waals surface area (Å²) >= 11 is 0. The number of allylic oxidation sites excluding steroid dienone is 16. The molecule has 0 saturated heterocycles. The van der Waals surface area contributed by atoms with Gasteiger partial charge in [-0.25, -0.2) is 0 Å². The maximum Gasteiger partial charge on any atom is 0.306 e. The molecule has 0 fully saturated rings. The number of ether oxygens (including phenoxy) is 3. The summed E-state index contributed by atoms with van der Waals surface area (Å²) in [6.45, 7) is 6.44. The molecule has 0 bridgehead atoms. The highest BCUT2D eigenvalue weighted by molar-refractivity contribution is 5.71. The Labute approximate surface area is 419 Å². The number of rotatable bonds is 50. The molecule has 0 unspecified atom stereocenters. The van der Waals surface area contributed by atoms with Gasteiger partial charge in [0, 0.05) is 19.3 Å². The van der Waals surface area contributed by atoms with E-state index in [1.807, 2.05) is 6.08 Å². The molecule has 6 heteroatoms. The van der Waals surface area contributed by atoms with E-state index in [0.29, 0.717) is 19.3 Å². The van der Waals surface area contributed by atoms with Crippen molar-refractivity contribution in [3.63, 3.8) is 0 Å². The van der Waals surface area contributed by atoms with Gasteiger partial charge in [-0.05, 0) is 89.9 Å². The zero-order chi connectivity index (χ0) is 49.3. The Morgan fingerprint density at radius 1 is 0.309 bits per heavy atom. The van der Waals surface area contributed by atoms with E-state index in [4.69, 9.17) is 14.2 Å². The summed E-state index contributed by atoms with van der Waals surface area (Å²) in [6, 6.07) is 0.